The normalized spacial score (nSPS) is 15.8. The van der Waals surface area contributed by atoms with E-state index < -0.39 is 0 Å². The van der Waals surface area contributed by atoms with E-state index in [0.717, 1.165) is 37.3 Å². The van der Waals surface area contributed by atoms with Gasteiger partial charge in [0.2, 0.25) is 0 Å². The number of benzene rings is 1. The number of carbonyl (C=O) groups excluding carboxylic acids is 1. The maximum absolute atomic E-state index is 12.2. The fourth-order valence-corrected chi connectivity index (χ4v) is 3.67. The van der Waals surface area contributed by atoms with Crippen LogP contribution in [0.25, 0.3) is 0 Å². The summed E-state index contributed by atoms with van der Waals surface area (Å²) in [5.41, 5.74) is 3.39. The average molecular weight is 379 g/mol. The molecule has 28 heavy (non-hydrogen) atoms. The number of aromatic nitrogens is 5. The van der Waals surface area contributed by atoms with Gasteiger partial charge in [0.15, 0.2) is 0 Å². The lowest BCUT2D eigenvalue weighted by Crippen LogP contribution is -2.45. The zero-order valence-electron chi connectivity index (χ0n) is 16.0. The van der Waals surface area contributed by atoms with Crippen LogP contribution in [0.3, 0.4) is 0 Å². The van der Waals surface area contributed by atoms with Gasteiger partial charge in [-0.05, 0) is 18.4 Å². The first-order chi connectivity index (χ1) is 13.7. The van der Waals surface area contributed by atoms with E-state index in [-0.39, 0.29) is 12.1 Å². The van der Waals surface area contributed by atoms with Crippen LogP contribution in [0.1, 0.15) is 29.2 Å². The van der Waals surface area contributed by atoms with Gasteiger partial charge in [0, 0.05) is 51.4 Å². The summed E-state index contributed by atoms with van der Waals surface area (Å²) < 4.78 is 3.94. The topological polar surface area (TPSA) is 89.7 Å². The van der Waals surface area contributed by atoms with Gasteiger partial charge in [-0.1, -0.05) is 35.5 Å². The molecule has 1 aromatic carbocycles. The maximum Gasteiger partial charge on any atom is 0.315 e. The summed E-state index contributed by atoms with van der Waals surface area (Å²) >= 11 is 0. The first kappa shape index (κ1) is 18.2. The van der Waals surface area contributed by atoms with Gasteiger partial charge in [0.1, 0.15) is 5.82 Å². The Morgan fingerprint density at radius 1 is 1.29 bits per heavy atom. The lowest BCUT2D eigenvalue weighted by atomic mass is 9.96. The van der Waals surface area contributed by atoms with E-state index in [9.17, 15) is 4.79 Å². The molecule has 2 heterocycles. The van der Waals surface area contributed by atoms with Gasteiger partial charge in [0.25, 0.3) is 0 Å². The molecule has 1 unspecified atom stereocenters. The Kier molecular flexibility index (Phi) is 5.36. The molecule has 3 aromatic rings. The molecule has 1 aliphatic carbocycles. The predicted octanol–water partition coefficient (Wildman–Crippen LogP) is 1.46. The number of hydrogen-bond donors (Lipinski definition) is 2. The van der Waals surface area contributed by atoms with Gasteiger partial charge < -0.3 is 15.2 Å². The number of amides is 2. The zero-order valence-corrected chi connectivity index (χ0v) is 16.0. The summed E-state index contributed by atoms with van der Waals surface area (Å²) in [4.78, 5) is 16.7. The van der Waals surface area contributed by atoms with Crippen molar-refractivity contribution < 1.29 is 4.79 Å². The second-order valence-corrected chi connectivity index (χ2v) is 7.15. The predicted molar refractivity (Wildman–Crippen MR) is 105 cm³/mol. The van der Waals surface area contributed by atoms with Crippen LogP contribution in [-0.4, -0.2) is 43.2 Å². The maximum atomic E-state index is 12.2. The number of urea groups is 1. The number of hydrogen-bond acceptors (Lipinski definition) is 4. The van der Waals surface area contributed by atoms with Crippen LogP contribution in [0, 0.1) is 0 Å². The summed E-state index contributed by atoms with van der Waals surface area (Å²) in [6.45, 7) is 1.33. The molecular formula is C20H25N7O. The number of fused-ring (bicyclic) bond motifs is 1. The van der Waals surface area contributed by atoms with Crippen LogP contribution < -0.4 is 10.6 Å². The summed E-state index contributed by atoms with van der Waals surface area (Å²) in [6.07, 6.45) is 7.00. The van der Waals surface area contributed by atoms with Crippen LogP contribution in [0.4, 0.5) is 4.79 Å². The summed E-state index contributed by atoms with van der Waals surface area (Å²) in [6, 6.07) is 10.2. The third kappa shape index (κ3) is 4.21. The average Bonchev–Trinajstić information content (AvgIpc) is 3.29. The van der Waals surface area contributed by atoms with Crippen molar-refractivity contribution >= 4 is 6.03 Å². The van der Waals surface area contributed by atoms with E-state index in [1.165, 1.54) is 11.3 Å². The molecule has 8 heteroatoms. The van der Waals surface area contributed by atoms with Crippen molar-refractivity contribution in [3.8, 4) is 0 Å². The highest BCUT2D eigenvalue weighted by atomic mass is 16.2. The Morgan fingerprint density at radius 3 is 3.00 bits per heavy atom. The third-order valence-corrected chi connectivity index (χ3v) is 5.16. The van der Waals surface area contributed by atoms with Gasteiger partial charge in [0.05, 0.1) is 11.4 Å². The van der Waals surface area contributed by atoms with E-state index in [0.29, 0.717) is 13.0 Å². The minimum absolute atomic E-state index is 0.101. The highest BCUT2D eigenvalue weighted by Gasteiger charge is 2.24. The number of nitrogens with zero attached hydrogens (tertiary/aromatic N) is 5. The Labute approximate surface area is 164 Å². The minimum atomic E-state index is -0.140. The van der Waals surface area contributed by atoms with Crippen molar-refractivity contribution in [2.24, 2.45) is 7.05 Å². The second-order valence-electron chi connectivity index (χ2n) is 7.15. The summed E-state index contributed by atoms with van der Waals surface area (Å²) in [5.74, 6) is 0.964. The summed E-state index contributed by atoms with van der Waals surface area (Å²) in [5, 5.41) is 14.2. The van der Waals surface area contributed by atoms with Crippen LogP contribution in [0.5, 0.6) is 0 Å². The number of carbonyl (C=O) groups is 1. The number of nitrogens with one attached hydrogen (secondary N) is 2. The quantitative estimate of drug-likeness (QED) is 0.679. The molecule has 1 atom stereocenters. The molecule has 0 radical (unpaired) electrons. The van der Waals surface area contributed by atoms with Gasteiger partial charge in [-0.15, -0.1) is 5.10 Å². The smallest absolute Gasteiger partial charge is 0.315 e. The molecule has 4 rings (SSSR count). The molecule has 0 saturated heterocycles. The lowest BCUT2D eigenvalue weighted by molar-refractivity contribution is 0.235. The summed E-state index contributed by atoms with van der Waals surface area (Å²) in [7, 11) is 1.91. The van der Waals surface area contributed by atoms with Crippen molar-refractivity contribution in [3.05, 3.63) is 65.5 Å². The molecule has 0 saturated carbocycles. The van der Waals surface area contributed by atoms with Crippen molar-refractivity contribution in [2.45, 2.75) is 38.3 Å². The molecule has 0 fully saturated rings. The van der Waals surface area contributed by atoms with Gasteiger partial charge >= 0.3 is 6.03 Å². The molecule has 0 spiro atoms. The van der Waals surface area contributed by atoms with E-state index in [4.69, 9.17) is 0 Å². The Bertz CT molecular complexity index is 931. The van der Waals surface area contributed by atoms with Gasteiger partial charge in [-0.3, -0.25) is 4.68 Å². The molecule has 2 amide bonds. The molecule has 1 aliphatic rings. The van der Waals surface area contributed by atoms with E-state index >= 15 is 0 Å². The highest BCUT2D eigenvalue weighted by molar-refractivity contribution is 5.74. The molecular weight excluding hydrogens is 354 g/mol. The van der Waals surface area contributed by atoms with Crippen LogP contribution in [-0.2, 0) is 32.9 Å². The lowest BCUT2D eigenvalue weighted by Gasteiger charge is -2.22. The SMILES string of the molecule is Cn1nnc2c1CCC(NC(=O)NCCc1nccn1Cc1ccccc1)C2. The monoisotopic (exact) mass is 379 g/mol. The van der Waals surface area contributed by atoms with Crippen LogP contribution in [0.2, 0.25) is 0 Å². The van der Waals surface area contributed by atoms with Gasteiger partial charge in [-0.2, -0.15) is 0 Å². The van der Waals surface area contributed by atoms with Crippen molar-refractivity contribution in [3.63, 3.8) is 0 Å². The number of imidazole rings is 1. The molecule has 2 aromatic heterocycles. The van der Waals surface area contributed by atoms with E-state index in [1.807, 2.05) is 36.1 Å². The molecule has 0 aliphatic heterocycles. The first-order valence-electron chi connectivity index (χ1n) is 9.65. The molecule has 0 bridgehead atoms. The minimum Gasteiger partial charge on any atom is -0.338 e. The fraction of sp³-hybridized carbons (Fsp3) is 0.400. The highest BCUT2D eigenvalue weighted by Crippen LogP contribution is 2.18. The fourth-order valence-electron chi connectivity index (χ4n) is 3.67. The van der Waals surface area contributed by atoms with E-state index in [2.05, 4.69) is 42.6 Å². The number of aryl methyl sites for hydroxylation is 1. The standard InChI is InChI=1S/C20H25N7O/c1-26-18-8-7-16(13-17(18)24-25-26)23-20(28)22-10-9-19-21-11-12-27(19)14-15-5-3-2-4-6-15/h2-6,11-12,16H,7-10,13-14H2,1H3,(H2,22,23,28). The second kappa shape index (κ2) is 8.24. The third-order valence-electron chi connectivity index (χ3n) is 5.16. The molecule has 8 nitrogen and oxygen atoms in total. The van der Waals surface area contributed by atoms with Crippen molar-refractivity contribution in [2.75, 3.05) is 6.54 Å². The van der Waals surface area contributed by atoms with E-state index in [1.54, 1.807) is 6.20 Å². The van der Waals surface area contributed by atoms with Crippen molar-refractivity contribution in [1.82, 2.24) is 35.2 Å². The number of rotatable bonds is 6. The Balaban J connectivity index is 1.24. The van der Waals surface area contributed by atoms with Crippen molar-refractivity contribution in [1.29, 1.82) is 0 Å². The largest absolute Gasteiger partial charge is 0.338 e. The molecule has 2 N–H and O–H groups in total. The Hall–Kier alpha value is -3.16. The molecule has 146 valence electrons. The van der Waals surface area contributed by atoms with Crippen LogP contribution >= 0.6 is 0 Å². The Morgan fingerprint density at radius 2 is 2.14 bits per heavy atom. The zero-order chi connectivity index (χ0) is 19.3. The first-order valence-corrected chi connectivity index (χ1v) is 9.65. The van der Waals surface area contributed by atoms with Crippen LogP contribution in [0.15, 0.2) is 42.7 Å². The van der Waals surface area contributed by atoms with Gasteiger partial charge in [-0.25, -0.2) is 9.78 Å².